The minimum Gasteiger partial charge on any atom is -0.361 e. The van der Waals surface area contributed by atoms with E-state index < -0.39 is 0 Å². The van der Waals surface area contributed by atoms with E-state index >= 15 is 0 Å². The average Bonchev–Trinajstić information content (AvgIpc) is 2.84. The first kappa shape index (κ1) is 12.7. The zero-order valence-electron chi connectivity index (χ0n) is 12.0. The van der Waals surface area contributed by atoms with Gasteiger partial charge in [0.15, 0.2) is 0 Å². The maximum absolute atomic E-state index is 3.52. The molecule has 1 saturated carbocycles. The van der Waals surface area contributed by atoms with Crippen molar-refractivity contribution in [3.05, 3.63) is 35.5 Å². The Bertz CT molecular complexity index is 555. The molecule has 2 unspecified atom stereocenters. The van der Waals surface area contributed by atoms with Gasteiger partial charge in [-0.05, 0) is 50.3 Å². The zero-order valence-corrected chi connectivity index (χ0v) is 12.0. The van der Waals surface area contributed by atoms with Crippen LogP contribution in [0.2, 0.25) is 0 Å². The average molecular weight is 256 g/mol. The van der Waals surface area contributed by atoms with Crippen LogP contribution in [0.1, 0.15) is 36.8 Å². The minimum absolute atomic E-state index is 0.698. The van der Waals surface area contributed by atoms with E-state index in [1.807, 2.05) is 0 Å². The summed E-state index contributed by atoms with van der Waals surface area (Å²) < 4.78 is 0. The van der Waals surface area contributed by atoms with Gasteiger partial charge >= 0.3 is 0 Å². The molecule has 2 atom stereocenters. The maximum Gasteiger partial charge on any atom is 0.0486 e. The van der Waals surface area contributed by atoms with Crippen LogP contribution < -0.4 is 5.32 Å². The second-order valence-corrected chi connectivity index (χ2v) is 5.96. The van der Waals surface area contributed by atoms with E-state index in [2.05, 4.69) is 48.7 Å². The van der Waals surface area contributed by atoms with E-state index in [0.717, 1.165) is 5.92 Å². The number of fused-ring (bicyclic) bond motifs is 1. The molecule has 2 nitrogen and oxygen atoms in total. The van der Waals surface area contributed by atoms with E-state index in [1.54, 1.807) is 0 Å². The molecule has 1 aromatic carbocycles. The highest BCUT2D eigenvalue weighted by Crippen LogP contribution is 2.30. The molecule has 1 fully saturated rings. The van der Waals surface area contributed by atoms with E-state index in [9.17, 15) is 0 Å². The zero-order chi connectivity index (χ0) is 13.2. The number of H-pyrrole nitrogens is 1. The lowest BCUT2D eigenvalue weighted by Crippen LogP contribution is -2.37. The van der Waals surface area contributed by atoms with E-state index in [4.69, 9.17) is 0 Å². The molecule has 2 heteroatoms. The van der Waals surface area contributed by atoms with Gasteiger partial charge in [0.25, 0.3) is 0 Å². The molecule has 1 aliphatic rings. The van der Waals surface area contributed by atoms with Crippen LogP contribution in [0, 0.1) is 12.8 Å². The lowest BCUT2D eigenvalue weighted by molar-refractivity contribution is 0.273. The number of benzene rings is 1. The van der Waals surface area contributed by atoms with Gasteiger partial charge in [-0.25, -0.2) is 0 Å². The molecule has 0 aliphatic heterocycles. The Balaban J connectivity index is 1.86. The minimum atomic E-state index is 0.698. The van der Waals surface area contributed by atoms with Crippen LogP contribution in [0.4, 0.5) is 0 Å². The summed E-state index contributed by atoms with van der Waals surface area (Å²) in [5.74, 6) is 0.790. The van der Waals surface area contributed by atoms with Crippen molar-refractivity contribution in [3.8, 4) is 0 Å². The summed E-state index contributed by atoms with van der Waals surface area (Å²) >= 11 is 0. The summed E-state index contributed by atoms with van der Waals surface area (Å²) in [6, 6.07) is 7.31. The number of hydrogen-bond donors (Lipinski definition) is 2. The fourth-order valence-corrected chi connectivity index (χ4v) is 3.65. The van der Waals surface area contributed by atoms with Gasteiger partial charge in [-0.15, -0.1) is 0 Å². The lowest BCUT2D eigenvalue weighted by Gasteiger charge is -2.31. The van der Waals surface area contributed by atoms with Crippen LogP contribution in [0.25, 0.3) is 10.9 Å². The van der Waals surface area contributed by atoms with Crippen molar-refractivity contribution in [1.82, 2.24) is 10.3 Å². The van der Waals surface area contributed by atoms with Gasteiger partial charge in [0.2, 0.25) is 0 Å². The summed E-state index contributed by atoms with van der Waals surface area (Å²) in [6.07, 6.45) is 8.90. The molecule has 2 N–H and O–H groups in total. The molecule has 0 saturated heterocycles. The van der Waals surface area contributed by atoms with Crippen molar-refractivity contribution < 1.29 is 0 Å². The van der Waals surface area contributed by atoms with Crippen molar-refractivity contribution in [1.29, 1.82) is 0 Å². The molecule has 1 aromatic heterocycles. The van der Waals surface area contributed by atoms with Crippen LogP contribution in [-0.2, 0) is 6.42 Å². The first-order valence-electron chi connectivity index (χ1n) is 7.52. The third-order valence-corrected chi connectivity index (χ3v) is 4.77. The third kappa shape index (κ3) is 2.42. The Labute approximate surface area is 115 Å². The van der Waals surface area contributed by atoms with Crippen LogP contribution in [0.5, 0.6) is 0 Å². The number of aromatic amines is 1. The highest BCUT2D eigenvalue weighted by molar-refractivity contribution is 5.85. The molecule has 0 bridgehead atoms. The van der Waals surface area contributed by atoms with E-state index in [1.165, 1.54) is 54.1 Å². The van der Waals surface area contributed by atoms with E-state index in [0.29, 0.717) is 6.04 Å². The molecule has 1 heterocycles. The highest BCUT2D eigenvalue weighted by Gasteiger charge is 2.24. The third-order valence-electron chi connectivity index (χ3n) is 4.77. The Hall–Kier alpha value is -1.28. The standard InChI is InChI=1S/C17H24N2/c1-12-6-5-8-15-14(11-19-17(12)15)10-13-7-3-4-9-16(13)18-2/h5-6,8,11,13,16,18-19H,3-4,7,9-10H2,1-2H3. The van der Waals surface area contributed by atoms with Crippen molar-refractivity contribution >= 4 is 10.9 Å². The SMILES string of the molecule is CNC1CCCCC1Cc1c[nH]c2c(C)cccc12. The molecule has 102 valence electrons. The number of nitrogens with one attached hydrogen (secondary N) is 2. The second-order valence-electron chi connectivity index (χ2n) is 5.96. The van der Waals surface area contributed by atoms with Crippen LogP contribution >= 0.6 is 0 Å². The van der Waals surface area contributed by atoms with Gasteiger partial charge in [0, 0.05) is 23.1 Å². The van der Waals surface area contributed by atoms with Crippen LogP contribution in [0.3, 0.4) is 0 Å². The van der Waals surface area contributed by atoms with Gasteiger partial charge < -0.3 is 10.3 Å². The van der Waals surface area contributed by atoms with Crippen molar-refractivity contribution in [2.45, 2.75) is 45.1 Å². The first-order valence-corrected chi connectivity index (χ1v) is 7.52. The monoisotopic (exact) mass is 256 g/mol. The Morgan fingerprint density at radius 1 is 1.26 bits per heavy atom. The summed E-state index contributed by atoms with van der Waals surface area (Å²) in [6.45, 7) is 2.18. The van der Waals surface area contributed by atoms with Gasteiger partial charge in [0.1, 0.15) is 0 Å². The predicted molar refractivity (Wildman–Crippen MR) is 81.5 cm³/mol. The van der Waals surface area contributed by atoms with Crippen molar-refractivity contribution in [3.63, 3.8) is 0 Å². The fraction of sp³-hybridized carbons (Fsp3) is 0.529. The number of rotatable bonds is 3. The topological polar surface area (TPSA) is 27.8 Å². The summed E-state index contributed by atoms with van der Waals surface area (Å²) in [7, 11) is 2.11. The van der Waals surface area contributed by atoms with Gasteiger partial charge in [-0.1, -0.05) is 31.0 Å². The first-order chi connectivity index (χ1) is 9.29. The molecule has 0 amide bonds. The summed E-state index contributed by atoms with van der Waals surface area (Å²) in [5.41, 5.74) is 4.15. The molecule has 19 heavy (non-hydrogen) atoms. The number of aromatic nitrogens is 1. The summed E-state index contributed by atoms with van der Waals surface area (Å²) in [5, 5.41) is 4.93. The Morgan fingerprint density at radius 2 is 2.11 bits per heavy atom. The number of hydrogen-bond acceptors (Lipinski definition) is 1. The molecule has 0 spiro atoms. The van der Waals surface area contributed by atoms with Crippen LogP contribution in [-0.4, -0.2) is 18.1 Å². The number of para-hydroxylation sites is 1. The molecule has 1 aliphatic carbocycles. The molecule has 2 aromatic rings. The fourth-order valence-electron chi connectivity index (χ4n) is 3.65. The molecule has 3 rings (SSSR count). The quantitative estimate of drug-likeness (QED) is 0.859. The molecular formula is C17H24N2. The normalized spacial score (nSPS) is 23.9. The van der Waals surface area contributed by atoms with Gasteiger partial charge in [-0.3, -0.25) is 0 Å². The van der Waals surface area contributed by atoms with Gasteiger partial charge in [0.05, 0.1) is 0 Å². The smallest absolute Gasteiger partial charge is 0.0486 e. The Morgan fingerprint density at radius 3 is 2.95 bits per heavy atom. The molecule has 0 radical (unpaired) electrons. The second kappa shape index (κ2) is 5.38. The maximum atomic E-state index is 3.52. The predicted octanol–water partition coefficient (Wildman–Crippen LogP) is 3.80. The van der Waals surface area contributed by atoms with Crippen LogP contribution in [0.15, 0.2) is 24.4 Å². The number of aryl methyl sites for hydroxylation is 1. The van der Waals surface area contributed by atoms with Crippen molar-refractivity contribution in [2.75, 3.05) is 7.05 Å². The largest absolute Gasteiger partial charge is 0.361 e. The Kier molecular flexibility index (Phi) is 3.61. The van der Waals surface area contributed by atoms with E-state index in [-0.39, 0.29) is 0 Å². The van der Waals surface area contributed by atoms with Crippen molar-refractivity contribution in [2.24, 2.45) is 5.92 Å². The molecular weight excluding hydrogens is 232 g/mol. The van der Waals surface area contributed by atoms with Gasteiger partial charge in [-0.2, -0.15) is 0 Å². The lowest BCUT2D eigenvalue weighted by atomic mass is 9.81. The highest BCUT2D eigenvalue weighted by atomic mass is 14.9. The summed E-state index contributed by atoms with van der Waals surface area (Å²) in [4.78, 5) is 3.46.